The van der Waals surface area contributed by atoms with Crippen molar-refractivity contribution >= 4 is 29.3 Å². The van der Waals surface area contributed by atoms with E-state index < -0.39 is 17.0 Å². The molecule has 0 bridgehead atoms. The lowest BCUT2D eigenvalue weighted by molar-refractivity contribution is -0.387. The highest BCUT2D eigenvalue weighted by atomic mass is 32.2. The Balaban J connectivity index is 1.69. The number of nitrogens with one attached hydrogen (secondary N) is 1. The van der Waals surface area contributed by atoms with Crippen LogP contribution in [0.15, 0.2) is 58.3 Å². The molecule has 1 aliphatic carbocycles. The number of carbonyl (C=O) groups is 2. The van der Waals surface area contributed by atoms with Crippen LogP contribution in [0.2, 0.25) is 0 Å². The van der Waals surface area contributed by atoms with Crippen LogP contribution in [0.25, 0.3) is 0 Å². The molecule has 0 spiro atoms. The molecule has 2 aromatic rings. The molecular weight excluding hydrogens is 392 g/mol. The smallest absolute Gasteiger partial charge is 0.339 e. The van der Waals surface area contributed by atoms with Gasteiger partial charge in [0, 0.05) is 17.0 Å². The molecule has 8 heteroatoms. The summed E-state index contributed by atoms with van der Waals surface area (Å²) in [6, 6.07) is 13.6. The third-order valence-corrected chi connectivity index (χ3v) is 5.79. The van der Waals surface area contributed by atoms with Gasteiger partial charge in [-0.05, 0) is 44.0 Å². The molecule has 1 fully saturated rings. The molecule has 3 rings (SSSR count). The Hall–Kier alpha value is -2.87. The molecule has 0 heterocycles. The lowest BCUT2D eigenvalue weighted by atomic mass is 10.2. The number of esters is 1. The first-order valence-electron chi connectivity index (χ1n) is 9.46. The number of amides is 1. The van der Waals surface area contributed by atoms with Crippen LogP contribution < -0.4 is 5.32 Å². The van der Waals surface area contributed by atoms with E-state index in [0.717, 1.165) is 30.6 Å². The van der Waals surface area contributed by atoms with Crippen LogP contribution in [-0.4, -0.2) is 28.9 Å². The SMILES string of the molecule is CC(OC(=O)c1ccc(Sc2ccccc2)c([N+](=O)[O-])c1)C(=O)NC1CCCC1. The fourth-order valence-electron chi connectivity index (χ4n) is 3.16. The fourth-order valence-corrected chi connectivity index (χ4v) is 4.08. The standard InChI is InChI=1S/C21H22N2O5S/c1-14(20(24)22-16-7-5-6-8-16)28-21(25)15-11-12-19(18(13-15)23(26)27)29-17-9-3-2-4-10-17/h2-4,9-14,16H,5-8H2,1H3,(H,22,24). The molecule has 0 radical (unpaired) electrons. The van der Waals surface area contributed by atoms with Crippen LogP contribution in [0.3, 0.4) is 0 Å². The summed E-state index contributed by atoms with van der Waals surface area (Å²) in [5.74, 6) is -1.12. The third-order valence-electron chi connectivity index (χ3n) is 4.72. The van der Waals surface area contributed by atoms with Gasteiger partial charge in [0.25, 0.3) is 11.6 Å². The minimum atomic E-state index is -0.972. The lowest BCUT2D eigenvalue weighted by Crippen LogP contribution is -2.40. The zero-order valence-electron chi connectivity index (χ0n) is 16.0. The minimum absolute atomic E-state index is 0.0367. The van der Waals surface area contributed by atoms with Gasteiger partial charge in [-0.1, -0.05) is 42.8 Å². The second-order valence-electron chi connectivity index (χ2n) is 6.89. The summed E-state index contributed by atoms with van der Waals surface area (Å²) in [6.45, 7) is 1.50. The van der Waals surface area contributed by atoms with Crippen molar-refractivity contribution in [3.8, 4) is 0 Å². The van der Waals surface area contributed by atoms with E-state index in [0.29, 0.717) is 4.90 Å². The molecule has 0 saturated heterocycles. The van der Waals surface area contributed by atoms with Gasteiger partial charge in [0.15, 0.2) is 6.10 Å². The number of carbonyl (C=O) groups excluding carboxylic acids is 2. The van der Waals surface area contributed by atoms with Crippen molar-refractivity contribution in [1.82, 2.24) is 5.32 Å². The van der Waals surface area contributed by atoms with Crippen molar-refractivity contribution in [2.24, 2.45) is 0 Å². The van der Waals surface area contributed by atoms with E-state index in [4.69, 9.17) is 4.74 Å². The highest BCUT2D eigenvalue weighted by Gasteiger charge is 2.25. The van der Waals surface area contributed by atoms with Crippen LogP contribution >= 0.6 is 11.8 Å². The van der Waals surface area contributed by atoms with E-state index in [9.17, 15) is 19.7 Å². The van der Waals surface area contributed by atoms with Crippen LogP contribution in [0.5, 0.6) is 0 Å². The maximum Gasteiger partial charge on any atom is 0.339 e. The van der Waals surface area contributed by atoms with E-state index >= 15 is 0 Å². The Labute approximate surface area is 173 Å². The van der Waals surface area contributed by atoms with Crippen molar-refractivity contribution in [2.75, 3.05) is 0 Å². The molecule has 1 amide bonds. The number of nitro benzene ring substituents is 1. The quantitative estimate of drug-likeness (QED) is 0.411. The number of hydrogen-bond donors (Lipinski definition) is 1. The average molecular weight is 414 g/mol. The Morgan fingerprint density at radius 2 is 1.86 bits per heavy atom. The molecule has 29 heavy (non-hydrogen) atoms. The van der Waals surface area contributed by atoms with Gasteiger partial charge >= 0.3 is 5.97 Å². The summed E-state index contributed by atoms with van der Waals surface area (Å²) in [7, 11) is 0. The number of benzene rings is 2. The van der Waals surface area contributed by atoms with E-state index in [-0.39, 0.29) is 23.2 Å². The second-order valence-corrected chi connectivity index (χ2v) is 8.01. The van der Waals surface area contributed by atoms with Gasteiger partial charge in [0.2, 0.25) is 0 Å². The topological polar surface area (TPSA) is 98.5 Å². The minimum Gasteiger partial charge on any atom is -0.449 e. The molecule has 1 unspecified atom stereocenters. The van der Waals surface area contributed by atoms with E-state index in [1.54, 1.807) is 0 Å². The van der Waals surface area contributed by atoms with E-state index in [1.807, 2.05) is 30.3 Å². The van der Waals surface area contributed by atoms with Gasteiger partial charge in [-0.3, -0.25) is 14.9 Å². The van der Waals surface area contributed by atoms with Crippen LogP contribution in [0.1, 0.15) is 43.0 Å². The molecule has 2 aromatic carbocycles. The number of nitro groups is 1. The first kappa shape index (κ1) is 20.9. The van der Waals surface area contributed by atoms with Gasteiger partial charge in [-0.15, -0.1) is 0 Å². The zero-order chi connectivity index (χ0) is 20.8. The molecule has 1 N–H and O–H groups in total. The zero-order valence-corrected chi connectivity index (χ0v) is 16.8. The van der Waals surface area contributed by atoms with Gasteiger partial charge < -0.3 is 10.1 Å². The van der Waals surface area contributed by atoms with Gasteiger partial charge in [-0.2, -0.15) is 0 Å². The molecule has 1 saturated carbocycles. The van der Waals surface area contributed by atoms with Gasteiger partial charge in [0.05, 0.1) is 15.4 Å². The summed E-state index contributed by atoms with van der Waals surface area (Å²) in [6.07, 6.45) is 3.05. The van der Waals surface area contributed by atoms with Crippen molar-refractivity contribution in [2.45, 2.75) is 54.5 Å². The third kappa shape index (κ3) is 5.57. The van der Waals surface area contributed by atoms with Crippen molar-refractivity contribution in [3.63, 3.8) is 0 Å². The van der Waals surface area contributed by atoms with Crippen LogP contribution in [-0.2, 0) is 9.53 Å². The summed E-state index contributed by atoms with van der Waals surface area (Å²) in [5.41, 5.74) is -0.147. The Morgan fingerprint density at radius 3 is 2.52 bits per heavy atom. The Bertz CT molecular complexity index is 897. The molecular formula is C21H22N2O5S. The highest BCUT2D eigenvalue weighted by molar-refractivity contribution is 7.99. The summed E-state index contributed by atoms with van der Waals surface area (Å²) < 4.78 is 5.22. The van der Waals surface area contributed by atoms with Crippen LogP contribution in [0, 0.1) is 10.1 Å². The summed E-state index contributed by atoms with van der Waals surface area (Å²) in [5, 5.41) is 14.4. The van der Waals surface area contributed by atoms with E-state index in [2.05, 4.69) is 5.32 Å². The Morgan fingerprint density at radius 1 is 1.17 bits per heavy atom. The Kier molecular flexibility index (Phi) is 6.87. The molecule has 0 aromatic heterocycles. The van der Waals surface area contributed by atoms with E-state index in [1.165, 1.54) is 36.9 Å². The van der Waals surface area contributed by atoms with Crippen molar-refractivity contribution in [3.05, 3.63) is 64.2 Å². The molecule has 7 nitrogen and oxygen atoms in total. The lowest BCUT2D eigenvalue weighted by Gasteiger charge is -2.17. The summed E-state index contributed by atoms with van der Waals surface area (Å²) >= 11 is 1.24. The number of rotatable bonds is 7. The van der Waals surface area contributed by atoms with Crippen molar-refractivity contribution in [1.29, 1.82) is 0 Å². The fraction of sp³-hybridized carbons (Fsp3) is 0.333. The van der Waals surface area contributed by atoms with Crippen LogP contribution in [0.4, 0.5) is 5.69 Å². The normalized spacial score (nSPS) is 14.9. The predicted octanol–water partition coefficient (Wildman–Crippen LogP) is 4.35. The van der Waals surface area contributed by atoms with Crippen molar-refractivity contribution < 1.29 is 19.2 Å². The van der Waals surface area contributed by atoms with Gasteiger partial charge in [0.1, 0.15) is 0 Å². The summed E-state index contributed by atoms with van der Waals surface area (Å²) in [4.78, 5) is 36.8. The number of hydrogen-bond acceptors (Lipinski definition) is 6. The predicted molar refractivity (Wildman–Crippen MR) is 109 cm³/mol. The molecule has 1 atom stereocenters. The molecule has 152 valence electrons. The molecule has 1 aliphatic rings. The van der Waals surface area contributed by atoms with Gasteiger partial charge in [-0.25, -0.2) is 4.79 Å². The maximum atomic E-state index is 12.4. The second kappa shape index (κ2) is 9.56. The maximum absolute atomic E-state index is 12.4. The monoisotopic (exact) mass is 414 g/mol. The highest BCUT2D eigenvalue weighted by Crippen LogP contribution is 2.35. The molecule has 0 aliphatic heterocycles. The number of ether oxygens (including phenoxy) is 1. The average Bonchev–Trinajstić information content (AvgIpc) is 3.21. The largest absolute Gasteiger partial charge is 0.449 e. The first-order chi connectivity index (χ1) is 13.9. The number of nitrogens with zero attached hydrogens (tertiary/aromatic N) is 1. The first-order valence-corrected chi connectivity index (χ1v) is 10.3.